The minimum atomic E-state index is 0.917. The molecule has 0 radical (unpaired) electrons. The Balaban J connectivity index is 1.67. The Morgan fingerprint density at radius 1 is 0.818 bits per heavy atom. The van der Waals surface area contributed by atoms with Crippen LogP contribution in [0.15, 0.2) is 0 Å². The molecule has 0 saturated heterocycles. The Morgan fingerprint density at radius 2 is 1.36 bits per heavy atom. The van der Waals surface area contributed by atoms with Crippen LogP contribution in [0.2, 0.25) is 0 Å². The third-order valence-corrected chi connectivity index (χ3v) is 5.40. The highest BCUT2D eigenvalue weighted by molar-refractivity contribution is 9.09. The SMILES string of the molecule is BrC1C2CCC3CC3CCC12. The summed E-state index contributed by atoms with van der Waals surface area (Å²) in [5.41, 5.74) is 0. The molecule has 0 nitrogen and oxygen atoms in total. The predicted molar refractivity (Wildman–Crippen MR) is 49.8 cm³/mol. The number of rotatable bonds is 0. The van der Waals surface area contributed by atoms with E-state index in [9.17, 15) is 0 Å². The molecule has 3 aliphatic rings. The Hall–Kier alpha value is 0.480. The van der Waals surface area contributed by atoms with Gasteiger partial charge >= 0.3 is 0 Å². The van der Waals surface area contributed by atoms with Gasteiger partial charge in [0.2, 0.25) is 0 Å². The maximum absolute atomic E-state index is 3.78. The van der Waals surface area contributed by atoms with Crippen LogP contribution in [0.1, 0.15) is 32.1 Å². The zero-order chi connectivity index (χ0) is 7.42. The van der Waals surface area contributed by atoms with Crippen LogP contribution in [0, 0.1) is 23.7 Å². The molecule has 0 aromatic heterocycles. The third-order valence-electron chi connectivity index (χ3n) is 4.04. The van der Waals surface area contributed by atoms with Crippen LogP contribution in [0.4, 0.5) is 0 Å². The van der Waals surface area contributed by atoms with E-state index in [-0.39, 0.29) is 0 Å². The summed E-state index contributed by atoms with van der Waals surface area (Å²) >= 11 is 3.78. The Kier molecular flexibility index (Phi) is 1.42. The lowest BCUT2D eigenvalue weighted by Crippen LogP contribution is -1.93. The summed E-state index contributed by atoms with van der Waals surface area (Å²) in [7, 11) is 0. The molecule has 0 aliphatic heterocycles. The van der Waals surface area contributed by atoms with Gasteiger partial charge in [0.15, 0.2) is 0 Å². The van der Waals surface area contributed by atoms with Crippen molar-refractivity contribution >= 4 is 15.9 Å². The Bertz CT molecular complexity index is 160. The molecule has 4 atom stereocenters. The van der Waals surface area contributed by atoms with E-state index in [4.69, 9.17) is 0 Å². The lowest BCUT2D eigenvalue weighted by molar-refractivity contribution is 0.468. The second kappa shape index (κ2) is 2.25. The quantitative estimate of drug-likeness (QED) is 0.544. The molecular formula is C10H15Br. The zero-order valence-corrected chi connectivity index (χ0v) is 8.39. The first-order valence-corrected chi connectivity index (χ1v) is 5.92. The van der Waals surface area contributed by atoms with Gasteiger partial charge < -0.3 is 0 Å². The van der Waals surface area contributed by atoms with Crippen molar-refractivity contribution in [1.29, 1.82) is 0 Å². The Morgan fingerprint density at radius 3 is 1.91 bits per heavy atom. The van der Waals surface area contributed by atoms with Gasteiger partial charge in [-0.25, -0.2) is 0 Å². The molecule has 3 aliphatic carbocycles. The standard InChI is InChI=1S/C10H15Br/c11-10-8-3-1-6-5-7(6)2-4-9(8)10/h6-10H,1-5H2. The number of hydrogen-bond acceptors (Lipinski definition) is 0. The van der Waals surface area contributed by atoms with E-state index in [1.54, 1.807) is 19.3 Å². The largest absolute Gasteiger partial charge is 0.0884 e. The van der Waals surface area contributed by atoms with Crippen LogP contribution in [0.5, 0.6) is 0 Å². The van der Waals surface area contributed by atoms with Gasteiger partial charge in [0.1, 0.15) is 0 Å². The van der Waals surface area contributed by atoms with Crippen molar-refractivity contribution in [2.45, 2.75) is 36.9 Å². The first kappa shape index (κ1) is 6.94. The van der Waals surface area contributed by atoms with Crippen LogP contribution in [-0.2, 0) is 0 Å². The molecule has 3 rings (SSSR count). The number of fused-ring (bicyclic) bond motifs is 2. The van der Waals surface area contributed by atoms with Gasteiger partial charge in [-0.1, -0.05) is 15.9 Å². The summed E-state index contributed by atoms with van der Waals surface area (Å²) in [6, 6.07) is 0. The molecule has 0 aromatic rings. The van der Waals surface area contributed by atoms with E-state index in [1.165, 1.54) is 12.8 Å². The molecule has 0 spiro atoms. The van der Waals surface area contributed by atoms with Gasteiger partial charge in [0.25, 0.3) is 0 Å². The smallest absolute Gasteiger partial charge is 0.0208 e. The van der Waals surface area contributed by atoms with Crippen molar-refractivity contribution in [2.24, 2.45) is 23.7 Å². The van der Waals surface area contributed by atoms with E-state index in [2.05, 4.69) is 15.9 Å². The summed E-state index contributed by atoms with van der Waals surface area (Å²) in [6.07, 6.45) is 7.73. The molecule has 0 amide bonds. The summed E-state index contributed by atoms with van der Waals surface area (Å²) in [6.45, 7) is 0. The fourth-order valence-corrected chi connectivity index (χ4v) is 4.11. The van der Waals surface area contributed by atoms with Crippen LogP contribution >= 0.6 is 15.9 Å². The average Bonchev–Trinajstić information content (AvgIpc) is 2.77. The van der Waals surface area contributed by atoms with Crippen molar-refractivity contribution in [2.75, 3.05) is 0 Å². The lowest BCUT2D eigenvalue weighted by Gasteiger charge is -2.04. The fourth-order valence-electron chi connectivity index (χ4n) is 2.98. The van der Waals surface area contributed by atoms with Crippen LogP contribution < -0.4 is 0 Å². The normalized spacial score (nSPS) is 60.3. The second-order valence-corrected chi connectivity index (χ2v) is 5.74. The minimum absolute atomic E-state index is 0.917. The molecule has 62 valence electrons. The fraction of sp³-hybridized carbons (Fsp3) is 1.00. The number of halogens is 1. The summed E-state index contributed by atoms with van der Waals surface area (Å²) < 4.78 is 0. The average molecular weight is 215 g/mol. The first-order chi connectivity index (χ1) is 5.36. The van der Waals surface area contributed by atoms with E-state index < -0.39 is 0 Å². The van der Waals surface area contributed by atoms with E-state index in [0.717, 1.165) is 28.5 Å². The number of hydrogen-bond donors (Lipinski definition) is 0. The van der Waals surface area contributed by atoms with Gasteiger partial charge in [-0.05, 0) is 55.8 Å². The van der Waals surface area contributed by atoms with Crippen molar-refractivity contribution < 1.29 is 0 Å². The molecule has 0 aromatic carbocycles. The van der Waals surface area contributed by atoms with Crippen LogP contribution in [0.3, 0.4) is 0 Å². The molecule has 4 unspecified atom stereocenters. The minimum Gasteiger partial charge on any atom is -0.0884 e. The molecule has 3 saturated carbocycles. The molecule has 3 fully saturated rings. The van der Waals surface area contributed by atoms with Crippen molar-refractivity contribution in [3.63, 3.8) is 0 Å². The third kappa shape index (κ3) is 1.07. The lowest BCUT2D eigenvalue weighted by atomic mass is 10.0. The van der Waals surface area contributed by atoms with Crippen molar-refractivity contribution in [3.8, 4) is 0 Å². The van der Waals surface area contributed by atoms with E-state index in [0.29, 0.717) is 0 Å². The van der Waals surface area contributed by atoms with Gasteiger partial charge in [0, 0.05) is 4.83 Å². The van der Waals surface area contributed by atoms with Gasteiger partial charge in [-0.15, -0.1) is 0 Å². The molecule has 0 bridgehead atoms. The number of alkyl halides is 1. The molecule has 1 heteroatoms. The van der Waals surface area contributed by atoms with Crippen molar-refractivity contribution in [1.82, 2.24) is 0 Å². The van der Waals surface area contributed by atoms with E-state index in [1.807, 2.05) is 0 Å². The van der Waals surface area contributed by atoms with Crippen molar-refractivity contribution in [3.05, 3.63) is 0 Å². The topological polar surface area (TPSA) is 0 Å². The van der Waals surface area contributed by atoms with Crippen LogP contribution in [0.25, 0.3) is 0 Å². The molecule has 0 N–H and O–H groups in total. The summed E-state index contributed by atoms with van der Waals surface area (Å²) in [5.74, 6) is 4.49. The molecule has 0 heterocycles. The Labute approximate surface area is 76.9 Å². The monoisotopic (exact) mass is 214 g/mol. The second-order valence-electron chi connectivity index (χ2n) is 4.68. The zero-order valence-electron chi connectivity index (χ0n) is 6.80. The molecule has 11 heavy (non-hydrogen) atoms. The van der Waals surface area contributed by atoms with E-state index >= 15 is 0 Å². The summed E-state index contributed by atoms with van der Waals surface area (Å²) in [5, 5.41) is 0. The highest BCUT2D eigenvalue weighted by Gasteiger charge is 2.51. The maximum Gasteiger partial charge on any atom is 0.0208 e. The van der Waals surface area contributed by atoms with Gasteiger partial charge in [-0.2, -0.15) is 0 Å². The maximum atomic E-state index is 3.78. The first-order valence-electron chi connectivity index (χ1n) is 5.00. The highest BCUT2D eigenvalue weighted by atomic mass is 79.9. The predicted octanol–water partition coefficient (Wildman–Crippen LogP) is 3.21. The van der Waals surface area contributed by atoms with Gasteiger partial charge in [-0.3, -0.25) is 0 Å². The summed E-state index contributed by atoms with van der Waals surface area (Å²) in [4.78, 5) is 0.917. The van der Waals surface area contributed by atoms with Gasteiger partial charge in [0.05, 0.1) is 0 Å². The molecular weight excluding hydrogens is 200 g/mol. The highest BCUT2D eigenvalue weighted by Crippen LogP contribution is 2.58. The van der Waals surface area contributed by atoms with Crippen LogP contribution in [-0.4, -0.2) is 4.83 Å².